The molecule has 22 heteroatoms. The zero-order valence-corrected chi connectivity index (χ0v) is 76.7. The van der Waals surface area contributed by atoms with E-state index in [1.54, 1.807) is 66.9 Å². The first kappa shape index (κ1) is 88.2. The summed E-state index contributed by atoms with van der Waals surface area (Å²) >= 11 is 0. The lowest BCUT2D eigenvalue weighted by Crippen LogP contribution is -2.56. The van der Waals surface area contributed by atoms with Crippen molar-refractivity contribution in [2.24, 2.45) is 11.8 Å². The van der Waals surface area contributed by atoms with Gasteiger partial charge in [-0.15, -0.1) is 0 Å². The number of nitrogens with zero attached hydrogens (tertiary/aromatic N) is 2. The number of rotatable bonds is 28. The van der Waals surface area contributed by atoms with Crippen LogP contribution in [0.2, 0.25) is 12.1 Å². The van der Waals surface area contributed by atoms with Gasteiger partial charge in [0.25, 0.3) is 23.6 Å². The van der Waals surface area contributed by atoms with Gasteiger partial charge < -0.3 is 56.1 Å². The summed E-state index contributed by atoms with van der Waals surface area (Å²) in [5, 5.41) is 8.97. The molecule has 11 aromatic rings. The van der Waals surface area contributed by atoms with Crippen molar-refractivity contribution in [3.63, 3.8) is 0 Å². The van der Waals surface area contributed by atoms with Gasteiger partial charge in [0.05, 0.1) is 22.3 Å². The van der Waals surface area contributed by atoms with Gasteiger partial charge in [0.15, 0.2) is 0 Å². The summed E-state index contributed by atoms with van der Waals surface area (Å²) in [6, 6.07) is 53.8. The van der Waals surface area contributed by atoms with Crippen molar-refractivity contribution in [1.29, 1.82) is 0 Å². The van der Waals surface area contributed by atoms with E-state index < -0.39 is 65.1 Å². The third-order valence-electron chi connectivity index (χ3n) is 25.7. The molecule has 2 saturated carbocycles. The summed E-state index contributed by atoms with van der Waals surface area (Å²) in [6.07, 6.45) is 5.56. The van der Waals surface area contributed by atoms with Gasteiger partial charge in [0.2, 0.25) is 11.8 Å². The lowest BCUT2D eigenvalue weighted by molar-refractivity contribution is -0.126. The number of carbonyl (C=O) groups excluding carboxylic acids is 6. The fraction of sp³-hybridized carbons (Fsp3) is 0.392. The Morgan fingerprint density at radius 1 is 0.347 bits per heavy atom. The van der Waals surface area contributed by atoms with Gasteiger partial charge in [-0.1, -0.05) is 218 Å². The third kappa shape index (κ3) is 17.6. The molecular formula is C102H116N4O16Si2. The fourth-order valence-electron chi connectivity index (χ4n) is 18.8. The van der Waals surface area contributed by atoms with Crippen LogP contribution < -0.4 is 29.6 Å². The third-order valence-corrected chi connectivity index (χ3v) is 31.6. The average Bonchev–Trinajstić information content (AvgIpc) is 0.669. The Hall–Kier alpha value is -10.7. The van der Waals surface area contributed by atoms with E-state index in [1.807, 2.05) is 158 Å². The highest BCUT2D eigenvalue weighted by atomic mass is 28.4. The molecular weight excluding hydrogens is 1590 g/mol. The monoisotopic (exact) mass is 1710 g/mol. The smallest absolute Gasteiger partial charge is 0.457 e. The highest BCUT2D eigenvalue weighted by Gasteiger charge is 2.50. The molecule has 2 N–H and O–H groups in total. The van der Waals surface area contributed by atoms with Crippen molar-refractivity contribution in [2.45, 2.75) is 205 Å². The Balaban J connectivity index is 1.03. The molecule has 6 atom stereocenters. The second kappa shape index (κ2) is 35.0. The topological polar surface area (TPSA) is 225 Å². The Morgan fingerprint density at radius 3 is 0.831 bits per heavy atom. The number of hydrogen-bond acceptors (Lipinski definition) is 16. The van der Waals surface area contributed by atoms with Crippen LogP contribution in [0.3, 0.4) is 0 Å². The number of fused-ring (bicyclic) bond motifs is 2. The zero-order chi connectivity index (χ0) is 88.3. The normalized spacial score (nSPS) is 17.9. The molecule has 15 rings (SSSR count). The highest BCUT2D eigenvalue weighted by Crippen LogP contribution is 2.59. The van der Waals surface area contributed by atoms with Crippen LogP contribution in [0.15, 0.2) is 182 Å². The minimum atomic E-state index is -3.06. The van der Waals surface area contributed by atoms with Crippen molar-refractivity contribution < 1.29 is 74.3 Å². The van der Waals surface area contributed by atoms with Crippen LogP contribution in [0.1, 0.15) is 209 Å². The first-order valence-electron chi connectivity index (χ1n) is 43.3. The van der Waals surface area contributed by atoms with Crippen molar-refractivity contribution in [3.05, 3.63) is 238 Å². The number of ether oxygens (including phenoxy) is 4. The van der Waals surface area contributed by atoms with E-state index in [4.69, 9.17) is 45.5 Å². The van der Waals surface area contributed by atoms with Crippen molar-refractivity contribution in [1.82, 2.24) is 20.4 Å². The Kier molecular flexibility index (Phi) is 24.9. The van der Waals surface area contributed by atoms with Crippen LogP contribution in [-0.4, -0.2) is 130 Å². The number of amides is 6. The molecule has 20 nitrogen and oxygen atoms in total. The maximum atomic E-state index is 17.1. The van der Waals surface area contributed by atoms with Crippen LogP contribution in [0.5, 0.6) is 46.0 Å². The van der Waals surface area contributed by atoms with Gasteiger partial charge in [-0.05, 0) is 165 Å². The molecule has 0 bridgehead atoms. The predicted molar refractivity (Wildman–Crippen MR) is 488 cm³/mol. The van der Waals surface area contributed by atoms with E-state index >= 15 is 28.8 Å². The maximum absolute atomic E-state index is 17.1. The number of imide groups is 2. The van der Waals surface area contributed by atoms with Crippen molar-refractivity contribution in [2.75, 3.05) is 42.7 Å². The molecule has 0 spiro atoms. The number of carbonyl (C=O) groups is 6. The molecule has 2 aliphatic carbocycles. The molecule has 4 aliphatic rings. The summed E-state index contributed by atoms with van der Waals surface area (Å²) < 4.78 is 65.6. The Morgan fingerprint density at radius 2 is 0.597 bits per heavy atom. The zero-order valence-electron chi connectivity index (χ0n) is 74.7. The van der Waals surface area contributed by atoms with E-state index in [-0.39, 0.29) is 114 Å². The van der Waals surface area contributed by atoms with E-state index in [0.717, 1.165) is 57.7 Å². The second-order valence-electron chi connectivity index (χ2n) is 38.0. The first-order valence-corrected chi connectivity index (χ1v) is 47.2. The number of nitrogens with one attached hydrogen (secondary N) is 2. The largest absolute Gasteiger partial charge is 0.500 e. The molecule has 648 valence electrons. The van der Waals surface area contributed by atoms with Crippen LogP contribution in [0.25, 0.3) is 43.1 Å². The second-order valence-corrected chi connectivity index (χ2v) is 44.0. The summed E-state index contributed by atoms with van der Waals surface area (Å²) in [6.45, 7) is 25.5. The molecule has 124 heavy (non-hydrogen) atoms. The van der Waals surface area contributed by atoms with E-state index in [0.29, 0.717) is 104 Å². The van der Waals surface area contributed by atoms with Crippen molar-refractivity contribution >= 4 is 96.1 Å². The lowest BCUT2D eigenvalue weighted by atomic mass is 9.80. The molecule has 11 aromatic carbocycles. The molecule has 2 aliphatic heterocycles. The maximum Gasteiger partial charge on any atom is 0.500 e. The summed E-state index contributed by atoms with van der Waals surface area (Å²) in [5.41, 5.74) is 4.44. The predicted octanol–water partition coefficient (Wildman–Crippen LogP) is 21.6. The van der Waals surface area contributed by atoms with Gasteiger partial charge in [-0.3, -0.25) is 38.6 Å². The van der Waals surface area contributed by atoms with Gasteiger partial charge >= 0.3 is 17.6 Å². The molecule has 6 unspecified atom stereocenters. The highest BCUT2D eigenvalue weighted by molar-refractivity contribution is 6.61. The number of hydrogen-bond donors (Lipinski definition) is 2. The molecule has 0 saturated heterocycles. The van der Waals surface area contributed by atoms with Crippen LogP contribution >= 0.6 is 0 Å². The molecule has 6 amide bonds. The van der Waals surface area contributed by atoms with Crippen molar-refractivity contribution in [3.8, 4) is 46.0 Å². The van der Waals surface area contributed by atoms with Gasteiger partial charge in [-0.2, -0.15) is 0 Å². The number of benzene rings is 11. The fourth-order valence-corrected chi connectivity index (χ4v) is 23.0. The van der Waals surface area contributed by atoms with E-state index in [1.165, 1.54) is 0 Å². The van der Waals surface area contributed by atoms with Gasteiger partial charge in [0.1, 0.15) is 58.1 Å². The van der Waals surface area contributed by atoms with Crippen LogP contribution in [0.4, 0.5) is 0 Å². The van der Waals surface area contributed by atoms with Gasteiger partial charge in [0, 0.05) is 123 Å². The molecule has 0 radical (unpaired) electrons. The molecule has 0 aromatic heterocycles. The average molecular weight is 1710 g/mol. The quantitative estimate of drug-likeness (QED) is 0.0201. The Bertz CT molecular complexity index is 5210. The summed E-state index contributed by atoms with van der Waals surface area (Å²) in [4.78, 5) is 103. The molecule has 2 fully saturated rings. The Labute approximate surface area is 729 Å². The lowest BCUT2D eigenvalue weighted by Gasteiger charge is -2.37. The standard InChI is InChI=1S/C102H116N4O16Si2/c1-99(2,3)65-35-43-71(44-36-65)119-81-55-75-85-76(96(110)105(95(75)109)79(53-61-27-21-19-22-28-61)93(107)103-69-33-25-31-63(51-69)59-123(113-13,114-14)115-15)57-83(121-73-47-39-67(40-48-73)101(7,8)9)89-90-84(122-74-49-41-68(42-50-74)102(10,11)12)58-78-86-77(56-82(88(92(86)90)87(81)91(85)89)120-72-45-37-66(38-46-72)100(4,5)6)97(111)106(98(78)112)80(54-62-29-23-20-24-30-62)94(108)104-70-34-26-32-64(52-70)60-124(116-16,117-17)118-18/h19-24,27-30,35-50,55-58,63-64,69-70,79-80H,25-26,31-34,51-54,59-60H2,1-18H3,(H,103,107)(H,104,108). The molecule has 2 heterocycles. The minimum absolute atomic E-state index is 0.0254. The van der Waals surface area contributed by atoms with E-state index in [2.05, 4.69) is 93.7 Å². The SMILES string of the molecule is CO[Si](CC1CCCC(NC(=O)C(Cc2ccccc2)N2C(=O)c3cc(Oc4ccc(C(C)(C)C)cc4)c4c5c(Oc6ccc(C(C)(C)C)cc6)cc6c7c(cc(Oc8ccc(C(C)(C)C)cc8)c(c8c(Oc9ccc(C(C)(C)C)cc9)cc(c3c48)C2=O)c75)C(=O)N(C(Cc2ccccc2)C(=O)NC2CCCC(C[Si](OC)(OC)OC)C2)C6=O)C1)(OC)OC. The summed E-state index contributed by atoms with van der Waals surface area (Å²) in [5.74, 6) is -2.14. The summed E-state index contributed by atoms with van der Waals surface area (Å²) in [7, 11) is 3.44. The minimum Gasteiger partial charge on any atom is -0.457 e. The van der Waals surface area contributed by atoms with Crippen LogP contribution in [-0.2, 0) is 70.6 Å². The van der Waals surface area contributed by atoms with E-state index in [9.17, 15) is 0 Å². The first-order chi connectivity index (χ1) is 59.1. The van der Waals surface area contributed by atoms with Gasteiger partial charge in [-0.25, -0.2) is 0 Å². The van der Waals surface area contributed by atoms with Crippen LogP contribution in [0, 0.1) is 11.8 Å².